The molecule has 0 aromatic heterocycles. The molecule has 112 valence electrons. The lowest BCUT2D eigenvalue weighted by atomic mass is 10.1. The summed E-state index contributed by atoms with van der Waals surface area (Å²) in [5.41, 5.74) is 1.22. The largest absolute Gasteiger partial charge is 0.389 e. The summed E-state index contributed by atoms with van der Waals surface area (Å²) in [6, 6.07) is 8.47. The van der Waals surface area contributed by atoms with Gasteiger partial charge in [0.15, 0.2) is 0 Å². The first kappa shape index (κ1) is 16.0. The van der Waals surface area contributed by atoms with Crippen LogP contribution < -0.4 is 5.32 Å². The van der Waals surface area contributed by atoms with Crippen LogP contribution in [0.25, 0.3) is 0 Å². The fraction of sp³-hybridized carbons (Fsp3) is 0.625. The average molecular weight is 342 g/mol. The Bertz CT molecular complexity index is 390. The molecule has 0 amide bonds. The Labute approximate surface area is 129 Å². The molecule has 2 N–H and O–H groups in total. The van der Waals surface area contributed by atoms with Gasteiger partial charge in [0, 0.05) is 17.1 Å². The molecule has 1 aromatic carbocycles. The van der Waals surface area contributed by atoms with Gasteiger partial charge in [0.25, 0.3) is 0 Å². The van der Waals surface area contributed by atoms with Crippen molar-refractivity contribution in [2.24, 2.45) is 0 Å². The molecule has 0 bridgehead atoms. The molecule has 20 heavy (non-hydrogen) atoms. The highest BCUT2D eigenvalue weighted by Crippen LogP contribution is 2.21. The molecular weight excluding hydrogens is 318 g/mol. The average Bonchev–Trinajstić information content (AvgIpc) is 2.96. The van der Waals surface area contributed by atoms with Crippen LogP contribution in [0.4, 0.5) is 0 Å². The molecule has 0 aliphatic heterocycles. The maximum Gasteiger partial charge on any atom is 0.0898 e. The fourth-order valence-electron chi connectivity index (χ4n) is 2.54. The van der Waals surface area contributed by atoms with E-state index in [1.165, 1.54) is 18.4 Å². The molecule has 0 spiro atoms. The first-order chi connectivity index (χ1) is 9.65. The van der Waals surface area contributed by atoms with Crippen LogP contribution in [-0.4, -0.2) is 30.5 Å². The topological polar surface area (TPSA) is 41.5 Å². The summed E-state index contributed by atoms with van der Waals surface area (Å²) >= 11 is 3.43. The quantitative estimate of drug-likeness (QED) is 0.798. The minimum Gasteiger partial charge on any atom is -0.389 e. The number of ether oxygens (including phenoxy) is 1. The molecule has 1 aliphatic carbocycles. The highest BCUT2D eigenvalue weighted by molar-refractivity contribution is 9.10. The van der Waals surface area contributed by atoms with Gasteiger partial charge in [0.2, 0.25) is 0 Å². The maximum atomic E-state index is 9.95. The van der Waals surface area contributed by atoms with Crippen LogP contribution in [0.2, 0.25) is 0 Å². The number of nitrogens with one attached hydrogen (secondary N) is 1. The van der Waals surface area contributed by atoms with Crippen LogP contribution >= 0.6 is 15.9 Å². The Balaban J connectivity index is 1.66. The maximum absolute atomic E-state index is 9.95. The first-order valence-corrected chi connectivity index (χ1v) is 8.23. The molecule has 1 fully saturated rings. The zero-order chi connectivity index (χ0) is 14.4. The van der Waals surface area contributed by atoms with E-state index in [0.717, 1.165) is 17.3 Å². The van der Waals surface area contributed by atoms with Crippen LogP contribution in [0.5, 0.6) is 0 Å². The minimum absolute atomic E-state index is 0.226. The van der Waals surface area contributed by atoms with E-state index in [2.05, 4.69) is 40.3 Å². The first-order valence-electron chi connectivity index (χ1n) is 7.43. The van der Waals surface area contributed by atoms with Crippen molar-refractivity contribution >= 4 is 15.9 Å². The number of aliphatic hydroxyl groups excluding tert-OH is 1. The highest BCUT2D eigenvalue weighted by atomic mass is 79.9. The third kappa shape index (κ3) is 5.17. The summed E-state index contributed by atoms with van der Waals surface area (Å²) in [4.78, 5) is 0. The van der Waals surface area contributed by atoms with Crippen molar-refractivity contribution < 1.29 is 9.84 Å². The second-order valence-corrected chi connectivity index (χ2v) is 6.49. The zero-order valence-electron chi connectivity index (χ0n) is 12.0. The molecule has 0 heterocycles. The van der Waals surface area contributed by atoms with Gasteiger partial charge in [-0.05, 0) is 37.5 Å². The summed E-state index contributed by atoms with van der Waals surface area (Å²) in [6.07, 6.45) is 4.76. The molecule has 1 unspecified atom stereocenters. The van der Waals surface area contributed by atoms with Gasteiger partial charge in [-0.2, -0.15) is 0 Å². The number of rotatable bonds is 7. The van der Waals surface area contributed by atoms with E-state index < -0.39 is 6.10 Å². The van der Waals surface area contributed by atoms with E-state index in [1.807, 2.05) is 12.1 Å². The lowest BCUT2D eigenvalue weighted by Gasteiger charge is -2.19. The van der Waals surface area contributed by atoms with Gasteiger partial charge in [-0.15, -0.1) is 0 Å². The summed E-state index contributed by atoms with van der Waals surface area (Å²) in [6.45, 7) is 3.10. The smallest absolute Gasteiger partial charge is 0.0898 e. The predicted octanol–water partition coefficient (Wildman–Crippen LogP) is 3.42. The SMILES string of the molecule is C[C@@H](NCC(O)COC1CCCC1)c1ccc(Br)cc1. The third-order valence-corrected chi connectivity index (χ3v) is 4.38. The molecule has 3 nitrogen and oxygen atoms in total. The normalized spacial score (nSPS) is 19.1. The van der Waals surface area contributed by atoms with Gasteiger partial charge in [0.1, 0.15) is 0 Å². The summed E-state index contributed by atoms with van der Waals surface area (Å²) in [7, 11) is 0. The van der Waals surface area contributed by atoms with Crippen molar-refractivity contribution in [3.05, 3.63) is 34.3 Å². The predicted molar refractivity (Wildman–Crippen MR) is 84.8 cm³/mol. The second kappa shape index (κ2) is 8.13. The van der Waals surface area contributed by atoms with Gasteiger partial charge in [0.05, 0.1) is 18.8 Å². The van der Waals surface area contributed by atoms with Crippen LogP contribution in [0.3, 0.4) is 0 Å². The molecule has 1 saturated carbocycles. The summed E-state index contributed by atoms with van der Waals surface area (Å²) < 4.78 is 6.80. The van der Waals surface area contributed by atoms with Gasteiger partial charge >= 0.3 is 0 Å². The van der Waals surface area contributed by atoms with Gasteiger partial charge in [-0.3, -0.25) is 0 Å². The number of halogens is 1. The van der Waals surface area contributed by atoms with Gasteiger partial charge in [-0.25, -0.2) is 0 Å². The van der Waals surface area contributed by atoms with Crippen LogP contribution in [-0.2, 0) is 4.74 Å². The highest BCUT2D eigenvalue weighted by Gasteiger charge is 2.17. The van der Waals surface area contributed by atoms with E-state index in [-0.39, 0.29) is 6.04 Å². The zero-order valence-corrected chi connectivity index (χ0v) is 13.6. The number of benzene rings is 1. The molecular formula is C16H24BrNO2. The monoisotopic (exact) mass is 341 g/mol. The van der Waals surface area contributed by atoms with Gasteiger partial charge < -0.3 is 15.2 Å². The Morgan fingerprint density at radius 1 is 1.30 bits per heavy atom. The Morgan fingerprint density at radius 3 is 2.60 bits per heavy atom. The lowest BCUT2D eigenvalue weighted by Crippen LogP contribution is -2.33. The molecule has 0 radical (unpaired) electrons. The van der Waals surface area contributed by atoms with Crippen LogP contribution in [0, 0.1) is 0 Å². The molecule has 1 aliphatic rings. The minimum atomic E-state index is -0.437. The van der Waals surface area contributed by atoms with Crippen molar-refractivity contribution in [3.8, 4) is 0 Å². The van der Waals surface area contributed by atoms with Crippen molar-refractivity contribution in [1.82, 2.24) is 5.32 Å². The number of hydrogen-bond donors (Lipinski definition) is 2. The number of hydrogen-bond acceptors (Lipinski definition) is 3. The molecule has 2 atom stereocenters. The van der Waals surface area contributed by atoms with E-state index in [4.69, 9.17) is 4.74 Å². The van der Waals surface area contributed by atoms with Crippen molar-refractivity contribution in [2.75, 3.05) is 13.2 Å². The van der Waals surface area contributed by atoms with E-state index in [1.54, 1.807) is 0 Å². The van der Waals surface area contributed by atoms with E-state index in [0.29, 0.717) is 19.3 Å². The molecule has 1 aromatic rings. The van der Waals surface area contributed by atoms with E-state index >= 15 is 0 Å². The Kier molecular flexibility index (Phi) is 6.49. The van der Waals surface area contributed by atoms with Crippen LogP contribution in [0.15, 0.2) is 28.7 Å². The van der Waals surface area contributed by atoms with Crippen molar-refractivity contribution in [3.63, 3.8) is 0 Å². The Morgan fingerprint density at radius 2 is 1.95 bits per heavy atom. The standard InChI is InChI=1S/C16H24BrNO2/c1-12(13-6-8-14(17)9-7-13)18-10-15(19)11-20-16-4-2-3-5-16/h6-9,12,15-16,18-19H,2-5,10-11H2,1H3/t12-,15?/m1/s1. The van der Waals surface area contributed by atoms with Crippen molar-refractivity contribution in [2.45, 2.75) is 50.9 Å². The lowest BCUT2D eigenvalue weighted by molar-refractivity contribution is -0.00610. The fourth-order valence-corrected chi connectivity index (χ4v) is 2.81. The summed E-state index contributed by atoms with van der Waals surface area (Å²) in [5.74, 6) is 0. The van der Waals surface area contributed by atoms with E-state index in [9.17, 15) is 5.11 Å². The summed E-state index contributed by atoms with van der Waals surface area (Å²) in [5, 5.41) is 13.3. The number of aliphatic hydroxyl groups is 1. The molecule has 0 saturated heterocycles. The van der Waals surface area contributed by atoms with Gasteiger partial charge in [-0.1, -0.05) is 40.9 Å². The van der Waals surface area contributed by atoms with Crippen molar-refractivity contribution in [1.29, 1.82) is 0 Å². The molecule has 2 rings (SSSR count). The third-order valence-electron chi connectivity index (χ3n) is 3.86. The Hall–Kier alpha value is -0.420. The van der Waals surface area contributed by atoms with Crippen LogP contribution in [0.1, 0.15) is 44.2 Å². The molecule has 4 heteroatoms. The second-order valence-electron chi connectivity index (χ2n) is 5.58.